The molecule has 53 heavy (non-hydrogen) atoms. The summed E-state index contributed by atoms with van der Waals surface area (Å²) in [4.78, 5) is 3.99. The minimum absolute atomic E-state index is 0.468. The van der Waals surface area contributed by atoms with Gasteiger partial charge in [0.05, 0.1) is 23.3 Å². The molecule has 0 aliphatic heterocycles. The highest BCUT2D eigenvalue weighted by molar-refractivity contribution is 6.17. The zero-order valence-electron chi connectivity index (χ0n) is 28.4. The highest BCUT2D eigenvalue weighted by Gasteiger charge is 2.22. The van der Waals surface area contributed by atoms with E-state index in [0.29, 0.717) is 11.3 Å². The number of rotatable bonds is 4. The molecule has 0 saturated heterocycles. The summed E-state index contributed by atoms with van der Waals surface area (Å²) >= 11 is 0. The Morgan fingerprint density at radius 1 is 0.396 bits per heavy atom. The number of fused-ring (bicyclic) bond motifs is 9. The van der Waals surface area contributed by atoms with Crippen molar-refractivity contribution in [3.63, 3.8) is 0 Å². The fourth-order valence-electron chi connectivity index (χ4n) is 8.16. The summed E-state index contributed by atoms with van der Waals surface area (Å²) in [5.41, 5.74) is 13.1. The Morgan fingerprint density at radius 2 is 0.981 bits per heavy atom. The highest BCUT2D eigenvalue weighted by atomic mass is 16.3. The van der Waals surface area contributed by atoms with Crippen molar-refractivity contribution in [3.8, 4) is 39.1 Å². The maximum atomic E-state index is 8.24. The molecule has 3 aromatic heterocycles. The van der Waals surface area contributed by atoms with Gasteiger partial charge in [-0.3, -0.25) is 0 Å². The lowest BCUT2D eigenvalue weighted by Gasteiger charge is -2.09. The Balaban J connectivity index is 1.17. The molecule has 0 aliphatic rings. The minimum atomic E-state index is 0.468. The number of hydrogen-bond donors (Lipinski definition) is 0. The summed E-state index contributed by atoms with van der Waals surface area (Å²) in [7, 11) is 0. The van der Waals surface area contributed by atoms with Gasteiger partial charge >= 0.3 is 0 Å². The predicted octanol–water partition coefficient (Wildman–Crippen LogP) is 14.1. The third-order valence-corrected chi connectivity index (χ3v) is 10.6. The van der Waals surface area contributed by atoms with Crippen LogP contribution in [0.25, 0.3) is 110 Å². The second-order valence-electron chi connectivity index (χ2n) is 13.6. The molecule has 0 bridgehead atoms. The average Bonchev–Trinajstić information content (AvgIpc) is 3.90. The molecule has 4 heteroatoms. The normalized spacial score (nSPS) is 11.8. The summed E-state index contributed by atoms with van der Waals surface area (Å²) in [6.07, 6.45) is 0. The lowest BCUT2D eigenvalue weighted by atomic mass is 9.99. The van der Waals surface area contributed by atoms with Crippen molar-refractivity contribution in [1.82, 2.24) is 4.57 Å². The quantitative estimate of drug-likeness (QED) is 0.174. The van der Waals surface area contributed by atoms with Crippen LogP contribution in [0.2, 0.25) is 0 Å². The molecule has 11 rings (SSSR count). The van der Waals surface area contributed by atoms with E-state index in [4.69, 9.17) is 15.4 Å². The van der Waals surface area contributed by atoms with Gasteiger partial charge in [-0.15, -0.1) is 0 Å². The van der Waals surface area contributed by atoms with Gasteiger partial charge in [0.1, 0.15) is 16.7 Å². The molecule has 0 amide bonds. The van der Waals surface area contributed by atoms with Crippen molar-refractivity contribution in [2.45, 2.75) is 0 Å². The Kier molecular flexibility index (Phi) is 6.28. The third-order valence-electron chi connectivity index (χ3n) is 10.6. The number of nitrogens with zero attached hydrogens (tertiary/aromatic N) is 2. The topological polar surface area (TPSA) is 35.6 Å². The summed E-state index contributed by atoms with van der Waals surface area (Å²) in [5.74, 6) is 0. The van der Waals surface area contributed by atoms with Crippen LogP contribution in [-0.2, 0) is 0 Å². The molecule has 246 valence electrons. The van der Waals surface area contributed by atoms with Gasteiger partial charge < -0.3 is 13.4 Å². The van der Waals surface area contributed by atoms with Gasteiger partial charge in [-0.05, 0) is 76.3 Å². The van der Waals surface area contributed by atoms with E-state index < -0.39 is 0 Å². The molecule has 0 aliphatic carbocycles. The second-order valence-corrected chi connectivity index (χ2v) is 13.6. The molecule has 0 atom stereocenters. The summed E-state index contributed by atoms with van der Waals surface area (Å²) in [6.45, 7) is 8.24. The van der Waals surface area contributed by atoms with Crippen LogP contribution in [0.3, 0.4) is 0 Å². The lowest BCUT2D eigenvalue weighted by molar-refractivity contribution is 0.667. The van der Waals surface area contributed by atoms with Crippen LogP contribution in [0, 0.1) is 6.57 Å². The Labute approximate surface area is 304 Å². The molecule has 11 aromatic rings. The predicted molar refractivity (Wildman–Crippen MR) is 218 cm³/mol. The molecule has 0 spiro atoms. The first-order valence-corrected chi connectivity index (χ1v) is 17.7. The van der Waals surface area contributed by atoms with E-state index in [2.05, 4.69) is 155 Å². The van der Waals surface area contributed by atoms with E-state index in [1.54, 1.807) is 0 Å². The SMILES string of the molecule is [C-]#[N+]c1cc(-c2cccc3c2oc2ccccc23)cc2c1oc1c(-n3c4ccc(-c5ccccc5)cc4c4cc(-c5ccccc5)ccc43)cccc12. The lowest BCUT2D eigenvalue weighted by Crippen LogP contribution is -1.94. The van der Waals surface area contributed by atoms with E-state index in [0.717, 1.165) is 88.0 Å². The molecule has 0 radical (unpaired) electrons. The Hall–Kier alpha value is -7.35. The highest BCUT2D eigenvalue weighted by Crippen LogP contribution is 2.45. The zero-order chi connectivity index (χ0) is 35.0. The molecular formula is C49H28N2O2. The first kappa shape index (κ1) is 29.4. The maximum absolute atomic E-state index is 8.24. The molecular weight excluding hydrogens is 649 g/mol. The van der Waals surface area contributed by atoms with Gasteiger partial charge in [0.25, 0.3) is 0 Å². The van der Waals surface area contributed by atoms with Crippen LogP contribution in [-0.4, -0.2) is 4.57 Å². The summed E-state index contributed by atoms with van der Waals surface area (Å²) in [6, 6.07) is 59.2. The molecule has 0 unspecified atom stereocenters. The maximum Gasteiger partial charge on any atom is 0.230 e. The van der Waals surface area contributed by atoms with Crippen LogP contribution in [0.1, 0.15) is 0 Å². The van der Waals surface area contributed by atoms with Crippen molar-refractivity contribution in [3.05, 3.63) is 181 Å². The minimum Gasteiger partial charge on any atom is -0.465 e. The first-order chi connectivity index (χ1) is 26.2. The fraction of sp³-hybridized carbons (Fsp3) is 0. The molecule has 0 saturated carbocycles. The van der Waals surface area contributed by atoms with Crippen molar-refractivity contribution in [2.75, 3.05) is 0 Å². The van der Waals surface area contributed by atoms with Crippen LogP contribution in [0.5, 0.6) is 0 Å². The molecule has 4 nitrogen and oxygen atoms in total. The summed E-state index contributed by atoms with van der Waals surface area (Å²) in [5, 5.41) is 6.31. The Bertz CT molecular complexity index is 3190. The van der Waals surface area contributed by atoms with Crippen LogP contribution >= 0.6 is 0 Å². The number of hydrogen-bond acceptors (Lipinski definition) is 2. The van der Waals surface area contributed by atoms with Gasteiger partial charge in [-0.1, -0.05) is 121 Å². The van der Waals surface area contributed by atoms with E-state index in [1.165, 1.54) is 11.1 Å². The molecule has 8 aromatic carbocycles. The van der Waals surface area contributed by atoms with Crippen molar-refractivity contribution < 1.29 is 8.83 Å². The second kappa shape index (κ2) is 11.3. The van der Waals surface area contributed by atoms with Crippen molar-refractivity contribution in [2.24, 2.45) is 0 Å². The Morgan fingerprint density at radius 3 is 1.66 bits per heavy atom. The molecule has 0 fully saturated rings. The monoisotopic (exact) mass is 676 g/mol. The zero-order valence-corrected chi connectivity index (χ0v) is 28.4. The molecule has 0 N–H and O–H groups in total. The van der Waals surface area contributed by atoms with Gasteiger partial charge in [0.2, 0.25) is 5.69 Å². The fourth-order valence-corrected chi connectivity index (χ4v) is 8.16. The number of aromatic nitrogens is 1. The van der Waals surface area contributed by atoms with E-state index in [1.807, 2.05) is 24.3 Å². The standard InChI is InChI=1S/C49H28N2O2/c1-50-42-29-34(35-17-10-18-37-36-16-8-9-21-46(36)52-47(35)37)28-41-38-19-11-20-45(49(38)53-48(41)42)51-43-24-22-32(30-12-4-2-5-13-30)26-39(43)40-27-33(23-25-44(40)51)31-14-6-3-7-15-31/h2-29H. The average molecular weight is 677 g/mol. The largest absolute Gasteiger partial charge is 0.465 e. The van der Waals surface area contributed by atoms with Crippen LogP contribution < -0.4 is 0 Å². The van der Waals surface area contributed by atoms with E-state index in [-0.39, 0.29) is 0 Å². The number of furan rings is 2. The van der Waals surface area contributed by atoms with Gasteiger partial charge in [0, 0.05) is 37.9 Å². The van der Waals surface area contributed by atoms with Crippen LogP contribution in [0.15, 0.2) is 179 Å². The molecule has 3 heterocycles. The third kappa shape index (κ3) is 4.41. The number of benzene rings is 8. The number of para-hydroxylation sites is 3. The summed E-state index contributed by atoms with van der Waals surface area (Å²) < 4.78 is 15.5. The first-order valence-electron chi connectivity index (χ1n) is 17.7. The van der Waals surface area contributed by atoms with E-state index in [9.17, 15) is 0 Å². The van der Waals surface area contributed by atoms with Gasteiger partial charge in [-0.2, -0.15) is 0 Å². The van der Waals surface area contributed by atoms with Gasteiger partial charge in [-0.25, -0.2) is 4.85 Å². The van der Waals surface area contributed by atoms with Gasteiger partial charge in [0.15, 0.2) is 5.58 Å². The van der Waals surface area contributed by atoms with E-state index >= 15 is 0 Å². The smallest absolute Gasteiger partial charge is 0.230 e. The van der Waals surface area contributed by atoms with Crippen LogP contribution in [0.4, 0.5) is 5.69 Å². The van der Waals surface area contributed by atoms with Crippen molar-refractivity contribution in [1.29, 1.82) is 0 Å². The van der Waals surface area contributed by atoms with Crippen molar-refractivity contribution >= 4 is 71.4 Å².